The van der Waals surface area contributed by atoms with Crippen molar-refractivity contribution in [3.05, 3.63) is 60.2 Å². The summed E-state index contributed by atoms with van der Waals surface area (Å²) >= 11 is 0. The second kappa shape index (κ2) is 12.1. The van der Waals surface area contributed by atoms with Crippen LogP contribution in [0.5, 0.6) is 5.75 Å². The van der Waals surface area contributed by atoms with Gasteiger partial charge in [0.1, 0.15) is 11.8 Å². The lowest BCUT2D eigenvalue weighted by Gasteiger charge is -2.32. The van der Waals surface area contributed by atoms with Crippen molar-refractivity contribution in [3.8, 4) is 5.75 Å². The third kappa shape index (κ3) is 8.58. The Bertz CT molecular complexity index is 1100. The maximum Gasteiger partial charge on any atom is 0.242 e. The fraction of sp³-hybridized carbons (Fsp3) is 0.462. The SMILES string of the molecule is COc1ccccc1N(CCCC(=O)N(Cc1ccccc1)C(C)C(=O)NC(C)(C)C)S(C)(=O)=O. The van der Waals surface area contributed by atoms with Crippen LogP contribution < -0.4 is 14.4 Å². The van der Waals surface area contributed by atoms with E-state index in [0.29, 0.717) is 11.4 Å². The molecule has 8 nitrogen and oxygen atoms in total. The minimum atomic E-state index is -3.60. The van der Waals surface area contributed by atoms with Crippen LogP contribution in [0.4, 0.5) is 5.69 Å². The molecule has 0 radical (unpaired) electrons. The molecule has 0 aliphatic rings. The maximum absolute atomic E-state index is 13.3. The molecule has 0 heterocycles. The molecule has 0 aliphatic heterocycles. The first-order chi connectivity index (χ1) is 16.3. The van der Waals surface area contributed by atoms with Gasteiger partial charge in [-0.2, -0.15) is 0 Å². The monoisotopic (exact) mass is 503 g/mol. The van der Waals surface area contributed by atoms with Crippen molar-refractivity contribution >= 4 is 27.5 Å². The van der Waals surface area contributed by atoms with Gasteiger partial charge in [-0.05, 0) is 51.8 Å². The Morgan fingerprint density at radius 1 is 1.03 bits per heavy atom. The maximum atomic E-state index is 13.3. The van der Waals surface area contributed by atoms with E-state index in [0.717, 1.165) is 11.8 Å². The van der Waals surface area contributed by atoms with Crippen molar-refractivity contribution in [1.82, 2.24) is 10.2 Å². The predicted molar refractivity (Wildman–Crippen MR) is 139 cm³/mol. The lowest BCUT2D eigenvalue weighted by atomic mass is 10.1. The van der Waals surface area contributed by atoms with Crippen LogP contribution in [0.3, 0.4) is 0 Å². The lowest BCUT2D eigenvalue weighted by Crippen LogP contribution is -2.52. The number of nitrogens with one attached hydrogen (secondary N) is 1. The Kier molecular flexibility index (Phi) is 9.71. The van der Waals surface area contributed by atoms with Crippen LogP contribution in [0.2, 0.25) is 0 Å². The minimum absolute atomic E-state index is 0.0845. The number of carbonyl (C=O) groups is 2. The molecule has 0 fully saturated rings. The highest BCUT2D eigenvalue weighted by Gasteiger charge is 2.29. The number of hydrogen-bond acceptors (Lipinski definition) is 5. The number of rotatable bonds is 11. The van der Waals surface area contributed by atoms with Gasteiger partial charge in [-0.3, -0.25) is 13.9 Å². The highest BCUT2D eigenvalue weighted by Crippen LogP contribution is 2.29. The van der Waals surface area contributed by atoms with Crippen molar-refractivity contribution in [2.45, 2.75) is 58.7 Å². The first-order valence-corrected chi connectivity index (χ1v) is 13.4. The van der Waals surface area contributed by atoms with Gasteiger partial charge in [0, 0.05) is 25.0 Å². The number of para-hydroxylation sites is 2. The third-order valence-corrected chi connectivity index (χ3v) is 6.55. The molecule has 2 amide bonds. The highest BCUT2D eigenvalue weighted by molar-refractivity contribution is 7.92. The summed E-state index contributed by atoms with van der Waals surface area (Å²) in [7, 11) is -2.12. The number of amides is 2. The average Bonchev–Trinajstić information content (AvgIpc) is 2.78. The standard InChI is InChI=1S/C26H37N3O5S/c1-20(25(31)27-26(2,3)4)28(19-21-13-8-7-9-14-21)24(30)17-12-18-29(35(6,32)33)22-15-10-11-16-23(22)34-5/h7-11,13-16,20H,12,17-19H2,1-6H3,(H,27,31). The van der Waals surface area contributed by atoms with Gasteiger partial charge in [-0.25, -0.2) is 8.42 Å². The first kappa shape index (κ1) is 28.2. The van der Waals surface area contributed by atoms with Crippen LogP contribution in [-0.2, 0) is 26.2 Å². The van der Waals surface area contributed by atoms with Gasteiger partial charge in [0.05, 0.1) is 19.1 Å². The molecule has 0 spiro atoms. The molecule has 0 aliphatic carbocycles. The molecule has 35 heavy (non-hydrogen) atoms. The van der Waals surface area contributed by atoms with Crippen molar-refractivity contribution < 1.29 is 22.7 Å². The summed E-state index contributed by atoms with van der Waals surface area (Å²) < 4.78 is 31.6. The van der Waals surface area contributed by atoms with Gasteiger partial charge in [-0.1, -0.05) is 42.5 Å². The van der Waals surface area contributed by atoms with E-state index >= 15 is 0 Å². The largest absolute Gasteiger partial charge is 0.495 e. The summed E-state index contributed by atoms with van der Waals surface area (Å²) in [6, 6.07) is 15.6. The van der Waals surface area contributed by atoms with Gasteiger partial charge in [-0.15, -0.1) is 0 Å². The van der Waals surface area contributed by atoms with Crippen molar-refractivity contribution in [3.63, 3.8) is 0 Å². The highest BCUT2D eigenvalue weighted by atomic mass is 32.2. The summed E-state index contributed by atoms with van der Waals surface area (Å²) in [5, 5.41) is 2.93. The molecule has 0 bridgehead atoms. The van der Waals surface area contributed by atoms with Crippen LogP contribution in [0.25, 0.3) is 0 Å². The van der Waals surface area contributed by atoms with Gasteiger partial charge in [0.25, 0.3) is 0 Å². The summed E-state index contributed by atoms with van der Waals surface area (Å²) in [6.07, 6.45) is 1.49. The quantitative estimate of drug-likeness (QED) is 0.506. The predicted octanol–water partition coefficient (Wildman–Crippen LogP) is 3.57. The number of sulfonamides is 1. The first-order valence-electron chi connectivity index (χ1n) is 11.6. The fourth-order valence-corrected chi connectivity index (χ4v) is 4.62. The Labute approximate surface area is 209 Å². The van der Waals surface area contributed by atoms with Crippen LogP contribution in [0.15, 0.2) is 54.6 Å². The smallest absolute Gasteiger partial charge is 0.242 e. The van der Waals surface area contributed by atoms with Crippen LogP contribution >= 0.6 is 0 Å². The van der Waals surface area contributed by atoms with Crippen LogP contribution in [0.1, 0.15) is 46.1 Å². The van der Waals surface area contributed by atoms with E-state index in [-0.39, 0.29) is 37.7 Å². The summed E-state index contributed by atoms with van der Waals surface area (Å²) in [4.78, 5) is 27.7. The van der Waals surface area contributed by atoms with Crippen LogP contribution in [0, 0.1) is 0 Å². The number of ether oxygens (including phenoxy) is 1. The number of methoxy groups -OCH3 is 1. The number of carbonyl (C=O) groups excluding carboxylic acids is 2. The molecule has 0 aromatic heterocycles. The van der Waals surface area contributed by atoms with Gasteiger partial charge >= 0.3 is 0 Å². The molecule has 2 aromatic rings. The van der Waals surface area contributed by atoms with Crippen LogP contribution in [-0.4, -0.2) is 56.6 Å². The molecule has 1 unspecified atom stereocenters. The molecule has 192 valence electrons. The van der Waals surface area contributed by atoms with Gasteiger partial charge in [0.15, 0.2) is 0 Å². The Morgan fingerprint density at radius 3 is 2.20 bits per heavy atom. The van der Waals surface area contributed by atoms with E-state index in [1.165, 1.54) is 11.4 Å². The molecule has 1 N–H and O–H groups in total. The normalized spacial score (nSPS) is 12.5. The van der Waals surface area contributed by atoms with Crippen molar-refractivity contribution in [2.24, 2.45) is 0 Å². The fourth-order valence-electron chi connectivity index (χ4n) is 3.66. The van der Waals surface area contributed by atoms with Crippen molar-refractivity contribution in [1.29, 1.82) is 0 Å². The summed E-state index contributed by atoms with van der Waals surface area (Å²) in [6.45, 7) is 7.75. The molecule has 0 saturated carbocycles. The number of anilines is 1. The third-order valence-electron chi connectivity index (χ3n) is 5.37. The molecule has 2 aromatic carbocycles. The van der Waals surface area contributed by atoms with E-state index in [9.17, 15) is 18.0 Å². The average molecular weight is 504 g/mol. The topological polar surface area (TPSA) is 96.0 Å². The van der Waals surface area contributed by atoms with Crippen molar-refractivity contribution in [2.75, 3.05) is 24.2 Å². The second-order valence-electron chi connectivity index (χ2n) is 9.53. The van der Waals surface area contributed by atoms with E-state index in [1.807, 2.05) is 51.1 Å². The van der Waals surface area contributed by atoms with Gasteiger partial charge in [0.2, 0.25) is 21.8 Å². The minimum Gasteiger partial charge on any atom is -0.495 e. The van der Waals surface area contributed by atoms with E-state index in [4.69, 9.17) is 4.74 Å². The molecule has 9 heteroatoms. The van der Waals surface area contributed by atoms with E-state index < -0.39 is 21.6 Å². The zero-order chi connectivity index (χ0) is 26.2. The Morgan fingerprint density at radius 2 is 1.63 bits per heavy atom. The molecule has 1 atom stereocenters. The second-order valence-corrected chi connectivity index (χ2v) is 11.4. The summed E-state index contributed by atoms with van der Waals surface area (Å²) in [5.74, 6) is -0.0325. The zero-order valence-electron chi connectivity index (χ0n) is 21.4. The number of hydrogen-bond donors (Lipinski definition) is 1. The number of nitrogens with zero attached hydrogens (tertiary/aromatic N) is 2. The lowest BCUT2D eigenvalue weighted by molar-refractivity contribution is -0.141. The molecule has 2 rings (SSSR count). The Balaban J connectivity index is 2.19. The zero-order valence-corrected chi connectivity index (χ0v) is 22.3. The van der Waals surface area contributed by atoms with Gasteiger partial charge < -0.3 is 15.0 Å². The molecular weight excluding hydrogens is 466 g/mol. The molecular formula is C26H37N3O5S. The summed E-state index contributed by atoms with van der Waals surface area (Å²) in [5.41, 5.74) is 0.893. The number of benzene rings is 2. The van der Waals surface area contributed by atoms with E-state index in [1.54, 1.807) is 36.1 Å². The Hall–Kier alpha value is -3.07. The van der Waals surface area contributed by atoms with E-state index in [2.05, 4.69) is 5.32 Å². The molecule has 0 saturated heterocycles.